The van der Waals surface area contributed by atoms with Gasteiger partial charge in [-0.25, -0.2) is 4.98 Å². The predicted molar refractivity (Wildman–Crippen MR) is 85.4 cm³/mol. The smallest absolute Gasteiger partial charge is 0.113 e. The van der Waals surface area contributed by atoms with Gasteiger partial charge in [0.25, 0.3) is 0 Å². The molecule has 1 unspecified atom stereocenters. The van der Waals surface area contributed by atoms with E-state index in [0.717, 1.165) is 19.1 Å². The number of methoxy groups -OCH3 is 1. The van der Waals surface area contributed by atoms with Crippen molar-refractivity contribution in [3.05, 3.63) is 16.1 Å². The number of nitrogens with zero attached hydrogens (tertiary/aromatic N) is 1. The Balaban J connectivity index is 2.09. The Bertz CT molecular complexity index is 414. The van der Waals surface area contributed by atoms with Crippen LogP contribution in [-0.2, 0) is 10.3 Å². The van der Waals surface area contributed by atoms with Crippen LogP contribution in [0.4, 0.5) is 0 Å². The molecule has 1 aromatic rings. The van der Waals surface area contributed by atoms with E-state index in [9.17, 15) is 0 Å². The van der Waals surface area contributed by atoms with Gasteiger partial charge >= 0.3 is 0 Å². The molecule has 1 N–H and O–H groups in total. The van der Waals surface area contributed by atoms with Crippen molar-refractivity contribution < 1.29 is 4.74 Å². The predicted octanol–water partition coefficient (Wildman–Crippen LogP) is 3.91. The van der Waals surface area contributed by atoms with E-state index in [1.165, 1.54) is 36.4 Å². The molecule has 0 saturated heterocycles. The fraction of sp³-hybridized carbons (Fsp3) is 0.812. The van der Waals surface area contributed by atoms with E-state index >= 15 is 0 Å². The lowest BCUT2D eigenvalue weighted by Crippen LogP contribution is -2.43. The van der Waals surface area contributed by atoms with E-state index < -0.39 is 0 Å². The Labute approximate surface area is 127 Å². The first-order valence-electron chi connectivity index (χ1n) is 7.75. The van der Waals surface area contributed by atoms with Gasteiger partial charge in [-0.3, -0.25) is 0 Å². The van der Waals surface area contributed by atoms with Gasteiger partial charge in [0.2, 0.25) is 0 Å². The molecule has 1 aromatic heterocycles. The third-order valence-corrected chi connectivity index (χ3v) is 5.45. The minimum Gasteiger partial charge on any atom is -0.383 e. The van der Waals surface area contributed by atoms with Crippen molar-refractivity contribution in [3.8, 4) is 0 Å². The van der Waals surface area contributed by atoms with Gasteiger partial charge in [0.15, 0.2) is 0 Å². The second kappa shape index (κ2) is 7.01. The molecule has 0 spiro atoms. The van der Waals surface area contributed by atoms with E-state index in [-0.39, 0.29) is 5.54 Å². The van der Waals surface area contributed by atoms with Gasteiger partial charge < -0.3 is 10.1 Å². The second-order valence-electron chi connectivity index (χ2n) is 6.48. The minimum absolute atomic E-state index is 0.00141. The fourth-order valence-electron chi connectivity index (χ4n) is 2.74. The van der Waals surface area contributed by atoms with Crippen LogP contribution in [0.2, 0.25) is 0 Å². The van der Waals surface area contributed by atoms with Gasteiger partial charge in [0, 0.05) is 19.0 Å². The Hall–Kier alpha value is -0.450. The first kappa shape index (κ1) is 15.9. The summed E-state index contributed by atoms with van der Waals surface area (Å²) in [5.74, 6) is 1.37. The number of rotatable bonds is 8. The van der Waals surface area contributed by atoms with Crippen LogP contribution < -0.4 is 5.32 Å². The van der Waals surface area contributed by atoms with E-state index in [1.807, 2.05) is 0 Å². The van der Waals surface area contributed by atoms with E-state index in [0.29, 0.717) is 5.92 Å². The van der Waals surface area contributed by atoms with E-state index in [1.54, 1.807) is 18.4 Å². The van der Waals surface area contributed by atoms with Crippen molar-refractivity contribution >= 4 is 11.3 Å². The number of nitrogens with one attached hydrogen (secondary N) is 1. The lowest BCUT2D eigenvalue weighted by molar-refractivity contribution is 0.164. The third-order valence-electron chi connectivity index (χ3n) is 4.33. The third kappa shape index (κ3) is 3.80. The highest BCUT2D eigenvalue weighted by molar-refractivity contribution is 7.09. The van der Waals surface area contributed by atoms with Gasteiger partial charge in [-0.15, -0.1) is 11.3 Å². The quantitative estimate of drug-likeness (QED) is 0.739. The standard InChI is InChI=1S/C16H28N2OS/c1-12(2)14-11-20-15(18-14)16(3,17-8-9-19-4)10-13-6-5-7-13/h11-13,17H,5-10H2,1-4H3. The largest absolute Gasteiger partial charge is 0.383 e. The minimum atomic E-state index is 0.00141. The first-order valence-corrected chi connectivity index (χ1v) is 8.63. The van der Waals surface area contributed by atoms with Gasteiger partial charge in [-0.2, -0.15) is 0 Å². The molecule has 0 amide bonds. The molecule has 114 valence electrons. The van der Waals surface area contributed by atoms with Crippen LogP contribution in [0.25, 0.3) is 0 Å². The van der Waals surface area contributed by atoms with Gasteiger partial charge in [-0.1, -0.05) is 33.1 Å². The summed E-state index contributed by atoms with van der Waals surface area (Å²) >= 11 is 1.80. The maximum atomic E-state index is 5.18. The first-order chi connectivity index (χ1) is 9.55. The molecule has 0 aromatic carbocycles. The number of aromatic nitrogens is 1. The average Bonchev–Trinajstić information content (AvgIpc) is 2.85. The fourth-order valence-corrected chi connectivity index (χ4v) is 3.87. The molecule has 3 nitrogen and oxygen atoms in total. The molecule has 4 heteroatoms. The second-order valence-corrected chi connectivity index (χ2v) is 7.34. The number of hydrogen-bond acceptors (Lipinski definition) is 4. The zero-order chi connectivity index (χ0) is 14.6. The van der Waals surface area contributed by atoms with Crippen molar-refractivity contribution in [2.24, 2.45) is 5.92 Å². The van der Waals surface area contributed by atoms with Crippen molar-refractivity contribution in [1.29, 1.82) is 0 Å². The van der Waals surface area contributed by atoms with Crippen LogP contribution in [0.3, 0.4) is 0 Å². The Kier molecular flexibility index (Phi) is 5.58. The maximum absolute atomic E-state index is 5.18. The summed E-state index contributed by atoms with van der Waals surface area (Å²) in [7, 11) is 1.76. The molecule has 1 aliphatic carbocycles. The molecule has 1 atom stereocenters. The highest BCUT2D eigenvalue weighted by Gasteiger charge is 2.34. The molecule has 0 aliphatic heterocycles. The normalized spacial score (nSPS) is 19.1. The van der Waals surface area contributed by atoms with E-state index in [4.69, 9.17) is 9.72 Å². The molecule has 1 heterocycles. The Morgan fingerprint density at radius 1 is 1.50 bits per heavy atom. The SMILES string of the molecule is COCCNC(C)(CC1CCC1)c1nc(C(C)C)cs1. The lowest BCUT2D eigenvalue weighted by Gasteiger charge is -2.36. The van der Waals surface area contributed by atoms with Crippen molar-refractivity contribution in [2.75, 3.05) is 20.3 Å². The average molecular weight is 296 g/mol. The van der Waals surface area contributed by atoms with Crippen LogP contribution in [-0.4, -0.2) is 25.2 Å². The van der Waals surface area contributed by atoms with Crippen molar-refractivity contribution in [1.82, 2.24) is 10.3 Å². The van der Waals surface area contributed by atoms with Crippen LogP contribution in [0.15, 0.2) is 5.38 Å². The summed E-state index contributed by atoms with van der Waals surface area (Å²) in [5.41, 5.74) is 1.22. The van der Waals surface area contributed by atoms with Crippen molar-refractivity contribution in [3.63, 3.8) is 0 Å². The monoisotopic (exact) mass is 296 g/mol. The number of thiazole rings is 1. The van der Waals surface area contributed by atoms with Gasteiger partial charge in [0.1, 0.15) is 5.01 Å². The maximum Gasteiger partial charge on any atom is 0.113 e. The molecule has 1 saturated carbocycles. The topological polar surface area (TPSA) is 34.1 Å². The van der Waals surface area contributed by atoms with Crippen molar-refractivity contribution in [2.45, 2.75) is 57.9 Å². The van der Waals surface area contributed by atoms with Gasteiger partial charge in [0.05, 0.1) is 17.8 Å². The summed E-state index contributed by atoms with van der Waals surface area (Å²) in [6.07, 6.45) is 5.35. The van der Waals surface area contributed by atoms with E-state index in [2.05, 4.69) is 31.5 Å². The molecular weight excluding hydrogens is 268 g/mol. The number of ether oxygens (including phenoxy) is 1. The van der Waals surface area contributed by atoms with Crippen LogP contribution in [0, 0.1) is 5.92 Å². The number of hydrogen-bond donors (Lipinski definition) is 1. The van der Waals surface area contributed by atoms with Crippen LogP contribution >= 0.6 is 11.3 Å². The summed E-state index contributed by atoms with van der Waals surface area (Å²) in [6, 6.07) is 0. The molecule has 0 radical (unpaired) electrons. The Morgan fingerprint density at radius 2 is 2.25 bits per heavy atom. The molecule has 2 rings (SSSR count). The highest BCUT2D eigenvalue weighted by atomic mass is 32.1. The highest BCUT2D eigenvalue weighted by Crippen LogP contribution is 2.39. The molecule has 20 heavy (non-hydrogen) atoms. The van der Waals surface area contributed by atoms with Crippen LogP contribution in [0.1, 0.15) is 63.1 Å². The summed E-state index contributed by atoms with van der Waals surface area (Å²) < 4.78 is 5.18. The lowest BCUT2D eigenvalue weighted by atomic mass is 9.76. The Morgan fingerprint density at radius 3 is 2.75 bits per heavy atom. The summed E-state index contributed by atoms with van der Waals surface area (Å²) in [6.45, 7) is 8.36. The molecular formula is C16H28N2OS. The molecule has 1 fully saturated rings. The summed E-state index contributed by atoms with van der Waals surface area (Å²) in [4.78, 5) is 4.89. The zero-order valence-corrected chi connectivity index (χ0v) is 14.1. The molecule has 1 aliphatic rings. The van der Waals surface area contributed by atoms with Crippen LogP contribution in [0.5, 0.6) is 0 Å². The zero-order valence-electron chi connectivity index (χ0n) is 13.2. The molecule has 0 bridgehead atoms. The van der Waals surface area contributed by atoms with Gasteiger partial charge in [-0.05, 0) is 25.2 Å². The summed E-state index contributed by atoms with van der Waals surface area (Å²) in [5, 5.41) is 7.15.